The number of carbonyl (C=O) groups excluding carboxylic acids is 1. The maximum atomic E-state index is 12.6. The fourth-order valence-electron chi connectivity index (χ4n) is 1.25. The molecule has 0 aliphatic rings. The number of nitro groups is 1. The number of benzene rings is 1. The van der Waals surface area contributed by atoms with Crippen molar-refractivity contribution in [2.24, 2.45) is 5.10 Å². The van der Waals surface area contributed by atoms with Gasteiger partial charge in [-0.15, -0.1) is 0 Å². The molecule has 0 heterocycles. The van der Waals surface area contributed by atoms with Crippen LogP contribution >= 0.6 is 0 Å². The lowest BCUT2D eigenvalue weighted by Crippen LogP contribution is -2.32. The van der Waals surface area contributed by atoms with E-state index in [1.54, 1.807) is 5.43 Å². The minimum Gasteiger partial charge on any atom is -0.289 e. The molecular weight excluding hydrogens is 336 g/mol. The van der Waals surface area contributed by atoms with Crippen molar-refractivity contribution in [1.29, 1.82) is 0 Å². The molecule has 0 spiro atoms. The molecule has 0 aromatic heterocycles. The third-order valence-corrected chi connectivity index (χ3v) is 2.37. The van der Waals surface area contributed by atoms with Gasteiger partial charge >= 0.3 is 12.4 Å². The predicted molar refractivity (Wildman–Crippen MR) is 65.9 cm³/mol. The van der Waals surface area contributed by atoms with Gasteiger partial charge in [-0.25, -0.2) is 0 Å². The van der Waals surface area contributed by atoms with Crippen LogP contribution in [-0.2, 0) is 4.79 Å². The second-order valence-electron chi connectivity index (χ2n) is 4.07. The normalized spacial score (nSPS) is 12.9. The van der Waals surface area contributed by atoms with Crippen molar-refractivity contribution in [2.75, 3.05) is 5.43 Å². The number of rotatable bonds is 5. The standard InChI is InChI=1S/C11H7F6N3O3/c12-10(13,14)8(5-9(21)11(15,16)17)19-18-6-1-3-7(4-2-6)20(22)23/h1-4,18H,5H2/b19-8+. The Bertz CT molecular complexity index is 621. The first-order chi connectivity index (χ1) is 10.4. The van der Waals surface area contributed by atoms with Crippen molar-refractivity contribution in [3.05, 3.63) is 34.4 Å². The van der Waals surface area contributed by atoms with E-state index in [2.05, 4.69) is 5.10 Å². The fourth-order valence-corrected chi connectivity index (χ4v) is 1.25. The molecule has 0 saturated heterocycles. The molecule has 1 N–H and O–H groups in total. The summed E-state index contributed by atoms with van der Waals surface area (Å²) in [5, 5.41) is 13.1. The summed E-state index contributed by atoms with van der Waals surface area (Å²) >= 11 is 0. The lowest BCUT2D eigenvalue weighted by molar-refractivity contribution is -0.384. The van der Waals surface area contributed by atoms with Crippen LogP contribution < -0.4 is 5.43 Å². The molecule has 0 fully saturated rings. The van der Waals surface area contributed by atoms with Crippen LogP contribution in [0.25, 0.3) is 0 Å². The second-order valence-corrected chi connectivity index (χ2v) is 4.07. The van der Waals surface area contributed by atoms with Crippen molar-refractivity contribution in [1.82, 2.24) is 0 Å². The van der Waals surface area contributed by atoms with Crippen molar-refractivity contribution in [3.8, 4) is 0 Å². The van der Waals surface area contributed by atoms with Gasteiger partial charge in [0, 0.05) is 12.1 Å². The van der Waals surface area contributed by atoms with Gasteiger partial charge in [-0.05, 0) is 12.1 Å². The average Bonchev–Trinajstić information content (AvgIpc) is 2.41. The number of non-ortho nitro benzene ring substituents is 1. The van der Waals surface area contributed by atoms with Crippen LogP contribution in [0.1, 0.15) is 6.42 Å². The highest BCUT2D eigenvalue weighted by molar-refractivity contribution is 6.06. The lowest BCUT2D eigenvalue weighted by Gasteiger charge is -2.11. The van der Waals surface area contributed by atoms with Gasteiger partial charge in [0.15, 0.2) is 0 Å². The minimum absolute atomic E-state index is 0.142. The van der Waals surface area contributed by atoms with Crippen LogP contribution in [0.4, 0.5) is 37.7 Å². The summed E-state index contributed by atoms with van der Waals surface area (Å²) < 4.78 is 73.8. The summed E-state index contributed by atoms with van der Waals surface area (Å²) in [6.07, 6.45) is -12.7. The molecule has 1 aromatic rings. The van der Waals surface area contributed by atoms with Gasteiger partial charge in [-0.2, -0.15) is 31.4 Å². The maximum Gasteiger partial charge on any atom is 0.450 e. The highest BCUT2D eigenvalue weighted by atomic mass is 19.4. The van der Waals surface area contributed by atoms with E-state index >= 15 is 0 Å². The summed E-state index contributed by atoms with van der Waals surface area (Å²) in [5.41, 5.74) is -0.660. The van der Waals surface area contributed by atoms with E-state index in [1.165, 1.54) is 0 Å². The molecule has 0 aliphatic heterocycles. The van der Waals surface area contributed by atoms with Crippen LogP contribution in [0.3, 0.4) is 0 Å². The summed E-state index contributed by atoms with van der Waals surface area (Å²) in [6.45, 7) is 0. The molecule has 0 unspecified atom stereocenters. The minimum atomic E-state index is -5.42. The van der Waals surface area contributed by atoms with Crippen molar-refractivity contribution >= 4 is 22.9 Å². The monoisotopic (exact) mass is 343 g/mol. The topological polar surface area (TPSA) is 84.6 Å². The Labute approximate surface area is 123 Å². The van der Waals surface area contributed by atoms with Crippen LogP contribution in [0, 0.1) is 10.1 Å². The van der Waals surface area contributed by atoms with Gasteiger partial charge in [0.25, 0.3) is 5.69 Å². The molecule has 1 aromatic carbocycles. The van der Waals surface area contributed by atoms with Gasteiger partial charge in [0.2, 0.25) is 5.78 Å². The highest BCUT2D eigenvalue weighted by Crippen LogP contribution is 2.25. The number of anilines is 1. The fraction of sp³-hybridized carbons (Fsp3) is 0.273. The lowest BCUT2D eigenvalue weighted by atomic mass is 10.2. The number of ketones is 1. The molecule has 6 nitrogen and oxygen atoms in total. The number of hydrogen-bond donors (Lipinski definition) is 1. The smallest absolute Gasteiger partial charge is 0.289 e. The molecule has 23 heavy (non-hydrogen) atoms. The van der Waals surface area contributed by atoms with Crippen molar-refractivity contribution < 1.29 is 36.1 Å². The van der Waals surface area contributed by atoms with E-state index in [0.717, 1.165) is 24.3 Å². The van der Waals surface area contributed by atoms with E-state index in [9.17, 15) is 41.3 Å². The van der Waals surface area contributed by atoms with Gasteiger partial charge in [-0.3, -0.25) is 20.3 Å². The molecule has 0 atom stereocenters. The second kappa shape index (κ2) is 6.62. The number of nitrogens with zero attached hydrogens (tertiary/aromatic N) is 2. The first-order valence-corrected chi connectivity index (χ1v) is 5.65. The highest BCUT2D eigenvalue weighted by Gasteiger charge is 2.44. The third-order valence-electron chi connectivity index (χ3n) is 2.37. The number of Topliss-reactive ketones (excluding diaryl/α,β-unsaturated/α-hetero) is 1. The number of alkyl halides is 6. The summed E-state index contributed by atoms with van der Waals surface area (Å²) in [5.74, 6) is -2.60. The van der Waals surface area contributed by atoms with Gasteiger partial charge < -0.3 is 0 Å². The zero-order valence-electron chi connectivity index (χ0n) is 10.9. The Morgan fingerprint density at radius 2 is 1.61 bits per heavy atom. The largest absolute Gasteiger partial charge is 0.450 e. The van der Waals surface area contributed by atoms with E-state index in [4.69, 9.17) is 0 Å². The molecule has 0 amide bonds. The molecule has 1 rings (SSSR count). The van der Waals surface area contributed by atoms with E-state index in [1.807, 2.05) is 0 Å². The SMILES string of the molecule is O=C(C/C(=N\Nc1ccc([N+](=O)[O-])cc1)C(F)(F)F)C(F)(F)F. The van der Waals surface area contributed by atoms with Gasteiger partial charge in [0.05, 0.1) is 17.0 Å². The molecule has 0 bridgehead atoms. The Morgan fingerprint density at radius 1 is 1.09 bits per heavy atom. The van der Waals surface area contributed by atoms with E-state index < -0.39 is 35.2 Å². The molecule has 126 valence electrons. The van der Waals surface area contributed by atoms with Crippen molar-refractivity contribution in [3.63, 3.8) is 0 Å². The summed E-state index contributed by atoms with van der Waals surface area (Å²) in [6, 6.07) is 3.90. The number of hydrazone groups is 1. The average molecular weight is 343 g/mol. The molecule has 0 aliphatic carbocycles. The first-order valence-electron chi connectivity index (χ1n) is 5.65. The van der Waals surface area contributed by atoms with Gasteiger partial charge in [-0.1, -0.05) is 0 Å². The number of halogens is 6. The number of nitrogens with one attached hydrogen (secondary N) is 1. The molecule has 0 saturated carbocycles. The number of carbonyl (C=O) groups is 1. The Hall–Kier alpha value is -2.66. The summed E-state index contributed by atoms with van der Waals surface area (Å²) in [4.78, 5) is 20.3. The maximum absolute atomic E-state index is 12.6. The zero-order chi connectivity index (χ0) is 17.8. The zero-order valence-corrected chi connectivity index (χ0v) is 10.9. The molecule has 0 radical (unpaired) electrons. The van der Waals surface area contributed by atoms with Crippen LogP contribution in [0.15, 0.2) is 29.4 Å². The number of nitro benzene ring substituents is 1. The quantitative estimate of drug-likeness (QED) is 0.384. The summed E-state index contributed by atoms with van der Waals surface area (Å²) in [7, 11) is 0. The third kappa shape index (κ3) is 5.56. The van der Waals surface area contributed by atoms with Crippen LogP contribution in [-0.4, -0.2) is 28.8 Å². The first kappa shape index (κ1) is 18.4. The Balaban J connectivity index is 2.93. The predicted octanol–water partition coefficient (Wildman–Crippen LogP) is 3.45. The van der Waals surface area contributed by atoms with Crippen LogP contribution in [0.5, 0.6) is 0 Å². The van der Waals surface area contributed by atoms with Gasteiger partial charge in [0.1, 0.15) is 5.71 Å². The molecule has 12 heteroatoms. The number of hydrogen-bond acceptors (Lipinski definition) is 5. The van der Waals surface area contributed by atoms with E-state index in [-0.39, 0.29) is 11.4 Å². The Kier molecular flexibility index (Phi) is 5.30. The van der Waals surface area contributed by atoms with Crippen LogP contribution in [0.2, 0.25) is 0 Å². The Morgan fingerprint density at radius 3 is 2.00 bits per heavy atom. The van der Waals surface area contributed by atoms with E-state index in [0.29, 0.717) is 0 Å². The van der Waals surface area contributed by atoms with Crippen molar-refractivity contribution in [2.45, 2.75) is 18.8 Å². The molecular formula is C11H7F6N3O3.